The van der Waals surface area contributed by atoms with Gasteiger partial charge < -0.3 is 25.7 Å². The number of ether oxygens (including phenoxy) is 1. The molecule has 0 aromatic heterocycles. The van der Waals surface area contributed by atoms with Crippen LogP contribution in [0, 0.1) is 0 Å². The number of carboxylic acids is 1. The van der Waals surface area contributed by atoms with Crippen molar-refractivity contribution in [3.8, 4) is 11.1 Å². The fourth-order valence-electron chi connectivity index (χ4n) is 3.35. The number of alkyl carbamates (subject to hydrolysis) is 1. The van der Waals surface area contributed by atoms with Gasteiger partial charge in [0.25, 0.3) is 0 Å². The monoisotopic (exact) mass is 376 g/mol. The zero-order valence-corrected chi connectivity index (χ0v) is 17.3. The molecule has 7 heteroatoms. The zero-order valence-electron chi connectivity index (χ0n) is 15.3. The van der Waals surface area contributed by atoms with E-state index >= 15 is 0 Å². The van der Waals surface area contributed by atoms with Crippen molar-refractivity contribution < 1.29 is 49.0 Å². The summed E-state index contributed by atoms with van der Waals surface area (Å²) in [6.07, 6.45) is -0.0798. The number of aliphatic carboxylic acids is 1. The molecule has 0 aliphatic heterocycles. The maximum atomic E-state index is 12.0. The summed E-state index contributed by atoms with van der Waals surface area (Å²) in [4.78, 5) is 23.2. The van der Waals surface area contributed by atoms with Crippen LogP contribution in [0.15, 0.2) is 48.5 Å². The molecule has 0 bridgehead atoms. The molecule has 1 atom stereocenters. The first-order valence-electron chi connectivity index (χ1n) is 8.64. The Morgan fingerprint density at radius 1 is 1.07 bits per heavy atom. The summed E-state index contributed by atoms with van der Waals surface area (Å²) < 4.78 is 5.33. The molecule has 1 aliphatic carbocycles. The second-order valence-corrected chi connectivity index (χ2v) is 6.27. The van der Waals surface area contributed by atoms with E-state index in [2.05, 4.69) is 5.32 Å². The van der Waals surface area contributed by atoms with Crippen LogP contribution >= 0.6 is 0 Å². The zero-order chi connectivity index (χ0) is 18.5. The molecule has 2 aromatic carbocycles. The molecular formula is C20H21N2NaO4. The van der Waals surface area contributed by atoms with Crippen molar-refractivity contribution in [1.82, 2.24) is 5.32 Å². The third kappa shape index (κ3) is 4.90. The third-order valence-corrected chi connectivity index (χ3v) is 4.62. The van der Waals surface area contributed by atoms with Crippen molar-refractivity contribution in [1.29, 1.82) is 0 Å². The SMILES string of the molecule is NCCC[C@H](NC(=O)OCC1c2ccccc2-c2ccccc21)C(=O)[O-].[Na+]. The van der Waals surface area contributed by atoms with E-state index in [1.165, 1.54) is 0 Å². The number of nitrogens with one attached hydrogen (secondary N) is 1. The molecule has 6 nitrogen and oxygen atoms in total. The summed E-state index contributed by atoms with van der Waals surface area (Å²) in [5.74, 6) is -1.41. The van der Waals surface area contributed by atoms with Gasteiger partial charge >= 0.3 is 35.7 Å². The van der Waals surface area contributed by atoms with Gasteiger partial charge in [-0.05, 0) is 41.6 Å². The maximum Gasteiger partial charge on any atom is 1.00 e. The molecule has 2 aromatic rings. The van der Waals surface area contributed by atoms with Crippen LogP contribution in [0.1, 0.15) is 29.9 Å². The molecule has 0 saturated heterocycles. The topological polar surface area (TPSA) is 104 Å². The Balaban J connectivity index is 0.00000261. The molecule has 136 valence electrons. The minimum Gasteiger partial charge on any atom is -0.548 e. The quantitative estimate of drug-likeness (QED) is 0.566. The van der Waals surface area contributed by atoms with Crippen molar-refractivity contribution >= 4 is 12.1 Å². The molecule has 3 N–H and O–H groups in total. The van der Waals surface area contributed by atoms with E-state index in [9.17, 15) is 14.7 Å². The van der Waals surface area contributed by atoms with Crippen LogP contribution < -0.4 is 45.7 Å². The number of hydrogen-bond donors (Lipinski definition) is 2. The second-order valence-electron chi connectivity index (χ2n) is 6.27. The Morgan fingerprint density at radius 2 is 1.63 bits per heavy atom. The minimum atomic E-state index is -1.34. The standard InChI is InChI=1S/C20H22N2O4.Na/c21-11-5-10-18(19(23)24)22-20(25)26-12-17-15-8-3-1-6-13(15)14-7-2-4-9-16(14)17;/h1-4,6-9,17-18H,5,10-12,21H2,(H,22,25)(H,23,24);/q;+1/p-1/t18-;/m0./s1. The van der Waals surface area contributed by atoms with Gasteiger partial charge in [0, 0.05) is 5.92 Å². The third-order valence-electron chi connectivity index (χ3n) is 4.62. The van der Waals surface area contributed by atoms with Crippen LogP contribution in [-0.4, -0.2) is 31.3 Å². The van der Waals surface area contributed by atoms with E-state index in [4.69, 9.17) is 10.5 Å². The first-order chi connectivity index (χ1) is 12.6. The van der Waals surface area contributed by atoms with Crippen molar-refractivity contribution in [3.63, 3.8) is 0 Å². The molecular weight excluding hydrogens is 355 g/mol. The van der Waals surface area contributed by atoms with Gasteiger partial charge in [-0.25, -0.2) is 4.79 Å². The van der Waals surface area contributed by atoms with Gasteiger partial charge in [0.2, 0.25) is 0 Å². The number of rotatable bonds is 7. The number of hydrogen-bond acceptors (Lipinski definition) is 5. The normalized spacial score (nSPS) is 13.1. The Morgan fingerprint density at radius 3 is 2.15 bits per heavy atom. The second kappa shape index (κ2) is 9.90. The molecule has 0 spiro atoms. The van der Waals surface area contributed by atoms with Crippen molar-refractivity contribution in [3.05, 3.63) is 59.7 Å². The minimum absolute atomic E-state index is 0. The van der Waals surface area contributed by atoms with Gasteiger partial charge in [-0.15, -0.1) is 0 Å². The molecule has 3 rings (SSSR count). The number of amides is 1. The molecule has 0 heterocycles. The molecule has 0 fully saturated rings. The number of nitrogens with two attached hydrogens (primary N) is 1. The number of benzene rings is 2. The largest absolute Gasteiger partial charge is 1.00 e. The van der Waals surface area contributed by atoms with E-state index < -0.39 is 18.1 Å². The Labute approximate surface area is 180 Å². The summed E-state index contributed by atoms with van der Waals surface area (Å²) in [5, 5.41) is 13.5. The van der Waals surface area contributed by atoms with Gasteiger partial charge in [0.15, 0.2) is 0 Å². The summed E-state index contributed by atoms with van der Waals surface area (Å²) in [6, 6.07) is 14.9. The summed E-state index contributed by atoms with van der Waals surface area (Å²) in [5.41, 5.74) is 9.84. The number of fused-ring (bicyclic) bond motifs is 3. The van der Waals surface area contributed by atoms with Gasteiger partial charge in [-0.2, -0.15) is 0 Å². The summed E-state index contributed by atoms with van der Waals surface area (Å²) in [6.45, 7) is 0.479. The smallest absolute Gasteiger partial charge is 0.548 e. The molecule has 0 saturated carbocycles. The van der Waals surface area contributed by atoms with Crippen molar-refractivity contribution in [2.24, 2.45) is 5.73 Å². The fraction of sp³-hybridized carbons (Fsp3) is 0.300. The molecule has 0 radical (unpaired) electrons. The van der Waals surface area contributed by atoms with Gasteiger partial charge in [-0.3, -0.25) is 0 Å². The first kappa shape index (κ1) is 21.4. The van der Waals surface area contributed by atoms with Crippen LogP contribution in [-0.2, 0) is 9.53 Å². The maximum absolute atomic E-state index is 12.0. The van der Waals surface area contributed by atoms with Gasteiger partial charge in [-0.1, -0.05) is 48.5 Å². The fourth-order valence-corrected chi connectivity index (χ4v) is 3.35. The van der Waals surface area contributed by atoms with E-state index in [-0.39, 0.29) is 48.5 Å². The van der Waals surface area contributed by atoms with Crippen molar-refractivity contribution in [2.75, 3.05) is 13.2 Å². The van der Waals surface area contributed by atoms with Gasteiger partial charge in [0.05, 0.1) is 12.0 Å². The average Bonchev–Trinajstić information content (AvgIpc) is 2.97. The average molecular weight is 376 g/mol. The summed E-state index contributed by atoms with van der Waals surface area (Å²) >= 11 is 0. The number of carbonyl (C=O) groups excluding carboxylic acids is 2. The van der Waals surface area contributed by atoms with E-state index in [0.717, 1.165) is 22.3 Å². The number of carbonyl (C=O) groups is 2. The van der Waals surface area contributed by atoms with Crippen LogP contribution in [0.25, 0.3) is 11.1 Å². The Kier molecular flexibility index (Phi) is 7.86. The predicted octanol–water partition coefficient (Wildman–Crippen LogP) is -1.61. The van der Waals surface area contributed by atoms with Gasteiger partial charge in [0.1, 0.15) is 6.61 Å². The first-order valence-corrected chi connectivity index (χ1v) is 8.64. The van der Waals surface area contributed by atoms with Crippen molar-refractivity contribution in [2.45, 2.75) is 24.8 Å². The van der Waals surface area contributed by atoms with Crippen LogP contribution in [0.4, 0.5) is 4.79 Å². The van der Waals surface area contributed by atoms with Crippen LogP contribution in [0.3, 0.4) is 0 Å². The Hall–Kier alpha value is -1.86. The van der Waals surface area contributed by atoms with E-state index in [1.807, 2.05) is 48.5 Å². The van der Waals surface area contributed by atoms with Crippen LogP contribution in [0.5, 0.6) is 0 Å². The van der Waals surface area contributed by atoms with E-state index in [1.54, 1.807) is 0 Å². The van der Waals surface area contributed by atoms with E-state index in [0.29, 0.717) is 13.0 Å². The molecule has 1 aliphatic rings. The number of carboxylic acid groups (broad SMARTS) is 1. The predicted molar refractivity (Wildman–Crippen MR) is 95.3 cm³/mol. The van der Waals surface area contributed by atoms with Crippen LogP contribution in [0.2, 0.25) is 0 Å². The molecule has 0 unspecified atom stereocenters. The summed E-state index contributed by atoms with van der Waals surface area (Å²) in [7, 11) is 0. The Bertz CT molecular complexity index is 767. The molecule has 1 amide bonds. The molecule has 27 heavy (non-hydrogen) atoms.